The third kappa shape index (κ3) is 3.84. The highest BCUT2D eigenvalue weighted by Crippen LogP contribution is 2.24. The molecule has 3 rings (SSSR count). The first kappa shape index (κ1) is 19.0. The summed E-state index contributed by atoms with van der Waals surface area (Å²) < 4.78 is 4.92. The molecule has 1 aliphatic heterocycles. The fourth-order valence-electron chi connectivity index (χ4n) is 3.70. The van der Waals surface area contributed by atoms with E-state index in [1.165, 1.54) is 12.8 Å². The minimum absolute atomic E-state index is 0.0376. The Morgan fingerprint density at radius 1 is 1.11 bits per heavy atom. The number of carbonyl (C=O) groups excluding carboxylic acids is 2. The van der Waals surface area contributed by atoms with Gasteiger partial charge in [0.2, 0.25) is 0 Å². The number of H-pyrrole nitrogens is 1. The monoisotopic (exact) mass is 369 g/mol. The SMILES string of the molecule is CCCc1c(C(=O)N2CCN(c3ccccc3)CC2)[nH]c(C)c1C(=O)OC. The molecule has 1 aliphatic rings. The zero-order chi connectivity index (χ0) is 19.4. The maximum atomic E-state index is 13.1. The maximum absolute atomic E-state index is 13.1. The molecule has 1 N–H and O–H groups in total. The largest absolute Gasteiger partial charge is 0.465 e. The van der Waals surface area contributed by atoms with Crippen LogP contribution in [0.5, 0.6) is 0 Å². The molecular weight excluding hydrogens is 342 g/mol. The van der Waals surface area contributed by atoms with Gasteiger partial charge in [-0.2, -0.15) is 0 Å². The number of carbonyl (C=O) groups is 2. The van der Waals surface area contributed by atoms with Gasteiger partial charge in [-0.1, -0.05) is 31.5 Å². The standard InChI is InChI=1S/C21H27N3O3/c1-4-8-17-18(21(26)27-3)15(2)22-19(17)20(25)24-13-11-23(12-14-24)16-9-6-5-7-10-16/h5-7,9-10,22H,4,8,11-14H2,1-3H3. The lowest BCUT2D eigenvalue weighted by atomic mass is 10.0. The van der Waals surface area contributed by atoms with Crippen molar-refractivity contribution in [3.8, 4) is 0 Å². The lowest BCUT2D eigenvalue weighted by Gasteiger charge is -2.36. The van der Waals surface area contributed by atoms with Crippen LogP contribution in [0.15, 0.2) is 30.3 Å². The van der Waals surface area contributed by atoms with Gasteiger partial charge in [0, 0.05) is 37.6 Å². The summed E-state index contributed by atoms with van der Waals surface area (Å²) >= 11 is 0. The zero-order valence-electron chi connectivity index (χ0n) is 16.2. The Labute approximate surface area is 160 Å². The normalized spacial score (nSPS) is 14.3. The number of piperazine rings is 1. The molecule has 1 aromatic heterocycles. The maximum Gasteiger partial charge on any atom is 0.339 e. The molecule has 2 aromatic rings. The molecule has 0 saturated carbocycles. The van der Waals surface area contributed by atoms with Crippen molar-refractivity contribution in [1.82, 2.24) is 9.88 Å². The summed E-state index contributed by atoms with van der Waals surface area (Å²) in [6, 6.07) is 10.2. The molecule has 6 heteroatoms. The summed E-state index contributed by atoms with van der Waals surface area (Å²) in [5.74, 6) is -0.426. The van der Waals surface area contributed by atoms with Crippen LogP contribution in [0.1, 0.15) is 45.4 Å². The summed E-state index contributed by atoms with van der Waals surface area (Å²) in [4.78, 5) is 32.6. The van der Waals surface area contributed by atoms with Crippen LogP contribution < -0.4 is 4.90 Å². The van der Waals surface area contributed by atoms with Crippen LogP contribution in [0.25, 0.3) is 0 Å². The van der Waals surface area contributed by atoms with Crippen LogP contribution in [0.3, 0.4) is 0 Å². The van der Waals surface area contributed by atoms with E-state index in [-0.39, 0.29) is 11.9 Å². The van der Waals surface area contributed by atoms with E-state index in [1.807, 2.05) is 36.9 Å². The van der Waals surface area contributed by atoms with Crippen LogP contribution in [-0.2, 0) is 11.2 Å². The summed E-state index contributed by atoms with van der Waals surface area (Å²) in [6.07, 6.45) is 1.52. The van der Waals surface area contributed by atoms with Crippen molar-refractivity contribution in [2.24, 2.45) is 0 Å². The van der Waals surface area contributed by atoms with Gasteiger partial charge in [-0.3, -0.25) is 4.79 Å². The van der Waals surface area contributed by atoms with E-state index in [1.54, 1.807) is 0 Å². The lowest BCUT2D eigenvalue weighted by molar-refractivity contribution is 0.0599. The fourth-order valence-corrected chi connectivity index (χ4v) is 3.70. The van der Waals surface area contributed by atoms with Crippen LogP contribution in [-0.4, -0.2) is 55.0 Å². The molecule has 1 saturated heterocycles. The Morgan fingerprint density at radius 2 is 1.78 bits per heavy atom. The number of aromatic amines is 1. The average Bonchev–Trinajstić information content (AvgIpc) is 3.04. The highest BCUT2D eigenvalue weighted by Gasteiger charge is 2.29. The number of rotatable bonds is 5. The number of esters is 1. The van der Waals surface area contributed by atoms with Crippen molar-refractivity contribution in [1.29, 1.82) is 0 Å². The number of methoxy groups -OCH3 is 1. The smallest absolute Gasteiger partial charge is 0.339 e. The molecule has 0 unspecified atom stereocenters. The second kappa shape index (κ2) is 8.29. The van der Waals surface area contributed by atoms with E-state index in [2.05, 4.69) is 22.0 Å². The number of hydrogen-bond acceptors (Lipinski definition) is 4. The molecule has 144 valence electrons. The van der Waals surface area contributed by atoms with E-state index >= 15 is 0 Å². The van der Waals surface area contributed by atoms with Gasteiger partial charge in [0.05, 0.1) is 12.7 Å². The average molecular weight is 369 g/mol. The molecule has 27 heavy (non-hydrogen) atoms. The van der Waals surface area contributed by atoms with Crippen LogP contribution >= 0.6 is 0 Å². The number of amides is 1. The number of para-hydroxylation sites is 1. The first-order valence-corrected chi connectivity index (χ1v) is 9.45. The molecular formula is C21H27N3O3. The van der Waals surface area contributed by atoms with Gasteiger partial charge in [-0.05, 0) is 31.0 Å². The molecule has 0 atom stereocenters. The summed E-state index contributed by atoms with van der Waals surface area (Å²) in [6.45, 7) is 6.76. The van der Waals surface area contributed by atoms with E-state index in [0.717, 1.165) is 25.1 Å². The van der Waals surface area contributed by atoms with Crippen LogP contribution in [0.2, 0.25) is 0 Å². The van der Waals surface area contributed by atoms with Gasteiger partial charge in [0.25, 0.3) is 5.91 Å². The number of aromatic nitrogens is 1. The zero-order valence-corrected chi connectivity index (χ0v) is 16.2. The second-order valence-corrected chi connectivity index (χ2v) is 6.83. The Hall–Kier alpha value is -2.76. The van der Waals surface area contributed by atoms with E-state index < -0.39 is 0 Å². The molecule has 1 fully saturated rings. The van der Waals surface area contributed by atoms with Crippen molar-refractivity contribution in [2.75, 3.05) is 38.2 Å². The lowest BCUT2D eigenvalue weighted by Crippen LogP contribution is -2.49. The Morgan fingerprint density at radius 3 is 2.37 bits per heavy atom. The molecule has 2 heterocycles. The molecule has 0 radical (unpaired) electrons. The van der Waals surface area contributed by atoms with Gasteiger partial charge >= 0.3 is 5.97 Å². The first-order chi connectivity index (χ1) is 13.1. The minimum atomic E-state index is -0.389. The van der Waals surface area contributed by atoms with Gasteiger partial charge < -0.3 is 19.5 Å². The van der Waals surface area contributed by atoms with E-state index in [9.17, 15) is 9.59 Å². The quantitative estimate of drug-likeness (QED) is 0.823. The van der Waals surface area contributed by atoms with Crippen molar-refractivity contribution < 1.29 is 14.3 Å². The van der Waals surface area contributed by atoms with E-state index in [4.69, 9.17) is 4.74 Å². The predicted molar refractivity (Wildman–Crippen MR) is 105 cm³/mol. The van der Waals surface area contributed by atoms with Crippen molar-refractivity contribution >= 4 is 17.6 Å². The fraction of sp³-hybridized carbons (Fsp3) is 0.429. The van der Waals surface area contributed by atoms with Gasteiger partial charge in [0.1, 0.15) is 5.69 Å². The van der Waals surface area contributed by atoms with Crippen LogP contribution in [0.4, 0.5) is 5.69 Å². The molecule has 6 nitrogen and oxygen atoms in total. The van der Waals surface area contributed by atoms with Crippen molar-refractivity contribution in [3.63, 3.8) is 0 Å². The number of benzene rings is 1. The van der Waals surface area contributed by atoms with Gasteiger partial charge in [-0.15, -0.1) is 0 Å². The summed E-state index contributed by atoms with van der Waals surface area (Å²) in [5.41, 5.74) is 3.68. The second-order valence-electron chi connectivity index (χ2n) is 6.83. The minimum Gasteiger partial charge on any atom is -0.465 e. The highest BCUT2D eigenvalue weighted by molar-refractivity contribution is 6.00. The van der Waals surface area contributed by atoms with E-state index in [0.29, 0.717) is 36.5 Å². The number of nitrogens with one attached hydrogen (secondary N) is 1. The first-order valence-electron chi connectivity index (χ1n) is 9.45. The number of aryl methyl sites for hydroxylation is 1. The molecule has 0 bridgehead atoms. The third-order valence-corrected chi connectivity index (χ3v) is 5.08. The Bertz CT molecular complexity index is 806. The summed E-state index contributed by atoms with van der Waals surface area (Å²) in [5, 5.41) is 0. The molecule has 1 amide bonds. The number of anilines is 1. The van der Waals surface area contributed by atoms with Gasteiger partial charge in [0.15, 0.2) is 0 Å². The number of hydrogen-bond donors (Lipinski definition) is 1. The van der Waals surface area contributed by atoms with Crippen molar-refractivity contribution in [3.05, 3.63) is 52.8 Å². The number of ether oxygens (including phenoxy) is 1. The molecule has 0 aliphatic carbocycles. The Balaban J connectivity index is 1.78. The third-order valence-electron chi connectivity index (χ3n) is 5.08. The predicted octanol–water partition coefficient (Wildman–Crippen LogP) is 3.02. The molecule has 0 spiro atoms. The highest BCUT2D eigenvalue weighted by atomic mass is 16.5. The molecule has 1 aromatic carbocycles. The van der Waals surface area contributed by atoms with Gasteiger partial charge in [-0.25, -0.2) is 4.79 Å². The summed E-state index contributed by atoms with van der Waals surface area (Å²) in [7, 11) is 1.37. The van der Waals surface area contributed by atoms with Crippen LogP contribution in [0, 0.1) is 6.92 Å². The van der Waals surface area contributed by atoms with Crippen molar-refractivity contribution in [2.45, 2.75) is 26.7 Å². The topological polar surface area (TPSA) is 65.6 Å². The Kier molecular flexibility index (Phi) is 5.84. The number of nitrogens with zero attached hydrogens (tertiary/aromatic N) is 2.